The van der Waals surface area contributed by atoms with E-state index in [1.165, 1.54) is 54.2 Å². The minimum atomic E-state index is 0.620. The van der Waals surface area contributed by atoms with Crippen LogP contribution in [0.5, 0.6) is 11.5 Å². The van der Waals surface area contributed by atoms with E-state index in [4.69, 9.17) is 9.47 Å². The number of fused-ring (bicyclic) bond motifs is 4. The number of hydrogen-bond donors (Lipinski definition) is 0. The van der Waals surface area contributed by atoms with Crippen molar-refractivity contribution in [2.75, 3.05) is 23.0 Å². The van der Waals surface area contributed by atoms with Crippen LogP contribution in [0.15, 0.2) is 206 Å². The average Bonchev–Trinajstić information content (AvgIpc) is 3.31. The highest BCUT2D eigenvalue weighted by Gasteiger charge is 2.26. The van der Waals surface area contributed by atoms with Gasteiger partial charge >= 0.3 is 0 Å². The zero-order valence-corrected chi connectivity index (χ0v) is 33.8. The van der Waals surface area contributed by atoms with E-state index in [9.17, 15) is 0 Å². The lowest BCUT2D eigenvalue weighted by atomic mass is 9.84. The van der Waals surface area contributed by atoms with Gasteiger partial charge in [-0.1, -0.05) is 133 Å². The summed E-state index contributed by atoms with van der Waals surface area (Å²) in [6.07, 6.45) is 0. The van der Waals surface area contributed by atoms with E-state index < -0.39 is 0 Å². The third-order valence-corrected chi connectivity index (χ3v) is 11.3. The molecule has 290 valence electrons. The molecule has 0 radical (unpaired) electrons. The maximum Gasteiger partial charge on any atom is 0.119 e. The van der Waals surface area contributed by atoms with Gasteiger partial charge in [-0.3, -0.25) is 0 Å². The highest BCUT2D eigenvalue weighted by atomic mass is 16.5. The van der Waals surface area contributed by atoms with Crippen LogP contribution in [0.3, 0.4) is 0 Å². The third-order valence-electron chi connectivity index (χ3n) is 11.3. The monoisotopic (exact) mass is 776 g/mol. The van der Waals surface area contributed by atoms with Gasteiger partial charge in [0.1, 0.15) is 11.5 Å². The molecule has 0 atom stereocenters. The summed E-state index contributed by atoms with van der Waals surface area (Å²) in [6, 6.07) is 74.0. The third kappa shape index (κ3) is 6.43. The molecule has 0 aromatic heterocycles. The highest BCUT2D eigenvalue weighted by molar-refractivity contribution is 6.30. The summed E-state index contributed by atoms with van der Waals surface area (Å²) < 4.78 is 11.8. The Hall–Kier alpha value is -7.56. The Kier molecular flexibility index (Phi) is 9.80. The molecule has 0 bridgehead atoms. The standard InChI is InChI=1S/C56H44N2O2/c1-3-59-43-35-31-41(32-36-43)57(39-19-7-5-8-20-39)55-49-27-15-11-23-45(49)53(46-24-12-16-28-50(46)55)54-47-25-13-17-29-51(47)56(52-30-18-14-26-48(52)54)58(40-21-9-6-10-22-40)42-33-37-44(38-34-42)60-4-2/h5-38H,3-4H2,1-2H3. The van der Waals surface area contributed by atoms with E-state index >= 15 is 0 Å². The molecule has 0 aliphatic heterocycles. The first kappa shape index (κ1) is 36.8. The summed E-state index contributed by atoms with van der Waals surface area (Å²) in [5.41, 5.74) is 8.99. The Morgan fingerprint density at radius 2 is 0.533 bits per heavy atom. The molecule has 0 aliphatic carbocycles. The molecular weight excluding hydrogens is 733 g/mol. The molecule has 0 aliphatic rings. The Labute approximate surface area is 351 Å². The quantitative estimate of drug-likeness (QED) is 0.122. The van der Waals surface area contributed by atoms with Crippen molar-refractivity contribution < 1.29 is 9.47 Å². The Morgan fingerprint density at radius 3 is 0.817 bits per heavy atom. The van der Waals surface area contributed by atoms with Gasteiger partial charge in [0.25, 0.3) is 0 Å². The van der Waals surface area contributed by atoms with Gasteiger partial charge in [0.15, 0.2) is 0 Å². The van der Waals surface area contributed by atoms with Crippen molar-refractivity contribution in [3.8, 4) is 22.6 Å². The minimum absolute atomic E-state index is 0.620. The van der Waals surface area contributed by atoms with Crippen molar-refractivity contribution in [1.82, 2.24) is 0 Å². The van der Waals surface area contributed by atoms with Crippen LogP contribution in [0.4, 0.5) is 34.1 Å². The smallest absolute Gasteiger partial charge is 0.119 e. The van der Waals surface area contributed by atoms with E-state index in [0.29, 0.717) is 13.2 Å². The fourth-order valence-electron chi connectivity index (χ4n) is 8.92. The summed E-state index contributed by atoms with van der Waals surface area (Å²) in [6.45, 7) is 5.28. The van der Waals surface area contributed by atoms with Crippen molar-refractivity contribution in [2.24, 2.45) is 0 Å². The van der Waals surface area contributed by atoms with Gasteiger partial charge in [-0.2, -0.15) is 0 Å². The number of ether oxygens (including phenoxy) is 2. The van der Waals surface area contributed by atoms with Gasteiger partial charge < -0.3 is 19.3 Å². The summed E-state index contributed by atoms with van der Waals surface area (Å²) in [5.74, 6) is 1.71. The fourth-order valence-corrected chi connectivity index (χ4v) is 8.92. The molecule has 10 rings (SSSR count). The lowest BCUT2D eigenvalue weighted by Gasteiger charge is -2.31. The van der Waals surface area contributed by atoms with E-state index in [1.807, 2.05) is 13.8 Å². The molecule has 0 spiro atoms. The second-order valence-corrected chi connectivity index (χ2v) is 14.8. The first-order valence-electron chi connectivity index (χ1n) is 20.8. The Bertz CT molecular complexity index is 2780. The summed E-state index contributed by atoms with van der Waals surface area (Å²) in [5, 5.41) is 9.42. The van der Waals surface area contributed by atoms with Gasteiger partial charge in [0.05, 0.1) is 24.6 Å². The molecule has 0 heterocycles. The van der Waals surface area contributed by atoms with Crippen molar-refractivity contribution in [3.63, 3.8) is 0 Å². The first-order chi connectivity index (χ1) is 29.7. The minimum Gasteiger partial charge on any atom is -0.494 e. The van der Waals surface area contributed by atoms with Crippen LogP contribution in [0.1, 0.15) is 13.8 Å². The van der Waals surface area contributed by atoms with Crippen LogP contribution in [0, 0.1) is 0 Å². The lowest BCUT2D eigenvalue weighted by molar-refractivity contribution is 0.340. The summed E-state index contributed by atoms with van der Waals surface area (Å²) >= 11 is 0. The molecule has 0 unspecified atom stereocenters. The van der Waals surface area contributed by atoms with Crippen molar-refractivity contribution in [1.29, 1.82) is 0 Å². The lowest BCUT2D eigenvalue weighted by Crippen LogP contribution is -2.12. The van der Waals surface area contributed by atoms with Gasteiger partial charge in [0.2, 0.25) is 0 Å². The number of hydrogen-bond acceptors (Lipinski definition) is 4. The molecule has 0 fully saturated rings. The normalized spacial score (nSPS) is 11.3. The largest absolute Gasteiger partial charge is 0.494 e. The number of nitrogens with zero attached hydrogens (tertiary/aromatic N) is 2. The van der Waals surface area contributed by atoms with Crippen LogP contribution in [-0.2, 0) is 0 Å². The molecule has 0 amide bonds. The molecule has 0 saturated heterocycles. The number of rotatable bonds is 11. The van der Waals surface area contributed by atoms with E-state index in [0.717, 1.165) is 45.6 Å². The van der Waals surface area contributed by atoms with Crippen molar-refractivity contribution in [2.45, 2.75) is 13.8 Å². The van der Waals surface area contributed by atoms with Crippen LogP contribution in [0.25, 0.3) is 54.2 Å². The van der Waals surface area contributed by atoms with Crippen LogP contribution < -0.4 is 19.3 Å². The molecule has 60 heavy (non-hydrogen) atoms. The topological polar surface area (TPSA) is 24.9 Å². The van der Waals surface area contributed by atoms with Gasteiger partial charge in [-0.15, -0.1) is 0 Å². The molecule has 4 heteroatoms. The van der Waals surface area contributed by atoms with Gasteiger partial charge in [-0.05, 0) is 119 Å². The predicted molar refractivity (Wildman–Crippen MR) is 254 cm³/mol. The van der Waals surface area contributed by atoms with Crippen LogP contribution in [0.2, 0.25) is 0 Å². The molecular formula is C56H44N2O2. The second kappa shape index (κ2) is 16.0. The number of para-hydroxylation sites is 2. The van der Waals surface area contributed by atoms with Crippen LogP contribution >= 0.6 is 0 Å². The molecule has 0 N–H and O–H groups in total. The van der Waals surface area contributed by atoms with Crippen molar-refractivity contribution >= 4 is 77.2 Å². The van der Waals surface area contributed by atoms with Gasteiger partial charge in [0, 0.05) is 44.3 Å². The zero-order chi connectivity index (χ0) is 40.4. The molecule has 0 saturated carbocycles. The van der Waals surface area contributed by atoms with E-state index in [-0.39, 0.29) is 0 Å². The molecule has 10 aromatic carbocycles. The Balaban J connectivity index is 1.30. The predicted octanol–water partition coefficient (Wildman–Crippen LogP) is 15.7. The number of benzene rings is 10. The molecule has 10 aromatic rings. The summed E-state index contributed by atoms with van der Waals surface area (Å²) in [7, 11) is 0. The highest BCUT2D eigenvalue weighted by Crippen LogP contribution is 2.53. The number of anilines is 6. The maximum atomic E-state index is 5.89. The SMILES string of the molecule is CCOc1ccc(N(c2ccccc2)c2c3ccccc3c(-c3c4ccccc4c(N(c4ccccc4)c4ccc(OCC)cc4)c4ccccc34)c3ccccc23)cc1. The van der Waals surface area contributed by atoms with E-state index in [1.54, 1.807) is 0 Å². The first-order valence-corrected chi connectivity index (χ1v) is 20.8. The maximum absolute atomic E-state index is 5.89. The van der Waals surface area contributed by atoms with Crippen LogP contribution in [-0.4, -0.2) is 13.2 Å². The average molecular weight is 777 g/mol. The van der Waals surface area contributed by atoms with Gasteiger partial charge in [-0.25, -0.2) is 0 Å². The second-order valence-electron chi connectivity index (χ2n) is 14.8. The fraction of sp³-hybridized carbons (Fsp3) is 0.0714. The van der Waals surface area contributed by atoms with Crippen molar-refractivity contribution in [3.05, 3.63) is 206 Å². The molecule has 4 nitrogen and oxygen atoms in total. The Morgan fingerprint density at radius 1 is 0.283 bits per heavy atom. The zero-order valence-electron chi connectivity index (χ0n) is 33.8. The van der Waals surface area contributed by atoms with E-state index in [2.05, 4.69) is 216 Å². The summed E-state index contributed by atoms with van der Waals surface area (Å²) in [4.78, 5) is 4.80.